The summed E-state index contributed by atoms with van der Waals surface area (Å²) in [5.41, 5.74) is 14.9. The summed E-state index contributed by atoms with van der Waals surface area (Å²) >= 11 is 0. The molecule has 0 saturated heterocycles. The van der Waals surface area contributed by atoms with Crippen molar-refractivity contribution in [2.24, 2.45) is 0 Å². The molecule has 0 saturated carbocycles. The van der Waals surface area contributed by atoms with Gasteiger partial charge in [-0.2, -0.15) is 0 Å². The van der Waals surface area contributed by atoms with Gasteiger partial charge in [-0.25, -0.2) is 15.0 Å². The maximum Gasteiger partial charge on any atom is 0.164 e. The molecule has 0 radical (unpaired) electrons. The molecule has 0 atom stereocenters. The van der Waals surface area contributed by atoms with E-state index in [4.69, 9.17) is 19.4 Å². The number of benzene rings is 8. The minimum atomic E-state index is 0.584. The van der Waals surface area contributed by atoms with Crippen molar-refractivity contribution in [3.8, 4) is 78.7 Å². The van der Waals surface area contributed by atoms with E-state index in [1.807, 2.05) is 36.4 Å². The molecule has 0 bridgehead atoms. The molecule has 0 aliphatic carbocycles. The van der Waals surface area contributed by atoms with Crippen molar-refractivity contribution < 1.29 is 4.42 Å². The zero-order valence-electron chi connectivity index (χ0n) is 30.7. The Kier molecular flexibility index (Phi) is 8.34. The van der Waals surface area contributed by atoms with E-state index in [-0.39, 0.29) is 0 Å². The second kappa shape index (κ2) is 14.1. The Bertz CT molecular complexity index is 2990. The molecule has 56 heavy (non-hydrogen) atoms. The molecule has 0 aliphatic rings. The highest BCUT2D eigenvalue weighted by molar-refractivity contribution is 6.16. The molecule has 10 rings (SSSR count). The monoisotopic (exact) mass is 717 g/mol. The highest BCUT2D eigenvalue weighted by Crippen LogP contribution is 2.44. The van der Waals surface area contributed by atoms with Crippen LogP contribution < -0.4 is 0 Å². The second-order valence-corrected chi connectivity index (χ2v) is 14.0. The lowest BCUT2D eigenvalue weighted by Gasteiger charge is -2.13. The standard InChI is InChI=1S/C52H35N3O/c1-34-13-11-12-20-43(34)38-23-27-41(28-24-38)51-53-50(40-18-9-4-10-19-40)54-52(55-51)42-29-30-45-47(33-42)56-46-32-31-44(37-16-7-3-8-17-37)48(49(45)46)39-25-21-36(22-26-39)35-14-5-2-6-15-35/h2-33H,1H3. The van der Waals surface area contributed by atoms with Gasteiger partial charge in [0.15, 0.2) is 17.5 Å². The normalized spacial score (nSPS) is 11.3. The molecule has 10 aromatic rings. The number of nitrogens with zero attached hydrogens (tertiary/aromatic N) is 3. The topological polar surface area (TPSA) is 51.8 Å². The Balaban J connectivity index is 1.11. The van der Waals surface area contributed by atoms with Gasteiger partial charge in [0.2, 0.25) is 0 Å². The van der Waals surface area contributed by atoms with E-state index in [9.17, 15) is 0 Å². The van der Waals surface area contributed by atoms with Crippen molar-refractivity contribution in [2.45, 2.75) is 6.92 Å². The van der Waals surface area contributed by atoms with E-state index < -0.39 is 0 Å². The fourth-order valence-corrected chi connectivity index (χ4v) is 7.67. The van der Waals surface area contributed by atoms with E-state index >= 15 is 0 Å². The third-order valence-electron chi connectivity index (χ3n) is 10.5. The number of hydrogen-bond acceptors (Lipinski definition) is 4. The highest BCUT2D eigenvalue weighted by Gasteiger charge is 2.20. The lowest BCUT2D eigenvalue weighted by molar-refractivity contribution is 0.669. The van der Waals surface area contributed by atoms with Gasteiger partial charge in [0.05, 0.1) is 0 Å². The lowest BCUT2D eigenvalue weighted by atomic mass is 9.90. The average molecular weight is 718 g/mol. The molecule has 0 fully saturated rings. The van der Waals surface area contributed by atoms with Crippen LogP contribution in [0.25, 0.3) is 101 Å². The molecule has 0 spiro atoms. The third-order valence-corrected chi connectivity index (χ3v) is 10.5. The number of fused-ring (bicyclic) bond motifs is 3. The van der Waals surface area contributed by atoms with Crippen LogP contribution in [0.1, 0.15) is 5.56 Å². The molecule has 2 aromatic heterocycles. The predicted octanol–water partition coefficient (Wildman–Crippen LogP) is 13.7. The average Bonchev–Trinajstić information content (AvgIpc) is 3.65. The molecule has 264 valence electrons. The van der Waals surface area contributed by atoms with Crippen molar-refractivity contribution in [1.29, 1.82) is 0 Å². The van der Waals surface area contributed by atoms with Gasteiger partial charge in [0.25, 0.3) is 0 Å². The second-order valence-electron chi connectivity index (χ2n) is 14.0. The fourth-order valence-electron chi connectivity index (χ4n) is 7.67. The van der Waals surface area contributed by atoms with Crippen molar-refractivity contribution in [2.75, 3.05) is 0 Å². The summed E-state index contributed by atoms with van der Waals surface area (Å²) in [6, 6.07) is 67.5. The van der Waals surface area contributed by atoms with Crippen LogP contribution in [0.3, 0.4) is 0 Å². The lowest BCUT2D eigenvalue weighted by Crippen LogP contribution is -2.00. The molecular formula is C52H35N3O. The maximum atomic E-state index is 6.68. The first-order chi connectivity index (χ1) is 27.7. The molecular weight excluding hydrogens is 683 g/mol. The SMILES string of the molecule is Cc1ccccc1-c1ccc(-c2nc(-c3ccccc3)nc(-c3ccc4c(c3)oc3ccc(-c5ccccc5)c(-c5ccc(-c6ccccc6)cc5)c34)n2)cc1. The zero-order valence-corrected chi connectivity index (χ0v) is 30.7. The highest BCUT2D eigenvalue weighted by atomic mass is 16.3. The first-order valence-electron chi connectivity index (χ1n) is 18.9. The molecule has 2 heterocycles. The van der Waals surface area contributed by atoms with Crippen LogP contribution in [0, 0.1) is 6.92 Å². The van der Waals surface area contributed by atoms with Crippen LogP contribution in [-0.2, 0) is 0 Å². The van der Waals surface area contributed by atoms with Crippen molar-refractivity contribution in [3.05, 3.63) is 200 Å². The van der Waals surface area contributed by atoms with Crippen LogP contribution in [0.5, 0.6) is 0 Å². The largest absolute Gasteiger partial charge is 0.456 e. The molecule has 4 nitrogen and oxygen atoms in total. The van der Waals surface area contributed by atoms with Gasteiger partial charge in [-0.3, -0.25) is 0 Å². The molecule has 4 heteroatoms. The summed E-state index contributed by atoms with van der Waals surface area (Å²) in [4.78, 5) is 15.1. The Morgan fingerprint density at radius 1 is 0.339 bits per heavy atom. The molecule has 0 amide bonds. The molecule has 8 aromatic carbocycles. The van der Waals surface area contributed by atoms with Gasteiger partial charge in [-0.1, -0.05) is 176 Å². The quantitative estimate of drug-likeness (QED) is 0.165. The van der Waals surface area contributed by atoms with Crippen LogP contribution >= 0.6 is 0 Å². The van der Waals surface area contributed by atoms with Crippen LogP contribution in [0.2, 0.25) is 0 Å². The number of aryl methyl sites for hydroxylation is 1. The van der Waals surface area contributed by atoms with Gasteiger partial charge in [-0.15, -0.1) is 0 Å². The van der Waals surface area contributed by atoms with E-state index in [0.717, 1.165) is 66.4 Å². The predicted molar refractivity (Wildman–Crippen MR) is 230 cm³/mol. The first kappa shape index (κ1) is 33.2. The van der Waals surface area contributed by atoms with E-state index in [0.29, 0.717) is 17.5 Å². The summed E-state index contributed by atoms with van der Waals surface area (Å²) < 4.78 is 6.68. The third kappa shape index (κ3) is 6.13. The van der Waals surface area contributed by atoms with Gasteiger partial charge < -0.3 is 4.42 Å². The molecule has 0 N–H and O–H groups in total. The van der Waals surface area contributed by atoms with Gasteiger partial charge in [-0.05, 0) is 69.6 Å². The van der Waals surface area contributed by atoms with Crippen LogP contribution in [0.4, 0.5) is 0 Å². The van der Waals surface area contributed by atoms with Crippen molar-refractivity contribution >= 4 is 21.9 Å². The first-order valence-corrected chi connectivity index (χ1v) is 18.9. The summed E-state index contributed by atoms with van der Waals surface area (Å²) in [6.45, 7) is 2.14. The number of aromatic nitrogens is 3. The number of rotatable bonds is 7. The summed E-state index contributed by atoms with van der Waals surface area (Å²) in [5, 5.41) is 2.11. The minimum Gasteiger partial charge on any atom is -0.456 e. The van der Waals surface area contributed by atoms with Crippen LogP contribution in [-0.4, -0.2) is 15.0 Å². The Hall–Kier alpha value is -7.43. The van der Waals surface area contributed by atoms with Gasteiger partial charge in [0.1, 0.15) is 11.2 Å². The van der Waals surface area contributed by atoms with E-state index in [1.165, 1.54) is 22.3 Å². The number of furan rings is 1. The Labute approximate surface area is 325 Å². The fraction of sp³-hybridized carbons (Fsp3) is 0.0192. The van der Waals surface area contributed by atoms with E-state index in [2.05, 4.69) is 165 Å². The van der Waals surface area contributed by atoms with Crippen molar-refractivity contribution in [1.82, 2.24) is 15.0 Å². The molecule has 0 aliphatic heterocycles. The summed E-state index contributed by atoms with van der Waals surface area (Å²) in [5.74, 6) is 1.82. The van der Waals surface area contributed by atoms with Crippen molar-refractivity contribution in [3.63, 3.8) is 0 Å². The van der Waals surface area contributed by atoms with Gasteiger partial charge >= 0.3 is 0 Å². The molecule has 0 unspecified atom stereocenters. The minimum absolute atomic E-state index is 0.584. The van der Waals surface area contributed by atoms with Crippen LogP contribution in [0.15, 0.2) is 199 Å². The Morgan fingerprint density at radius 3 is 1.46 bits per heavy atom. The number of hydrogen-bond donors (Lipinski definition) is 0. The van der Waals surface area contributed by atoms with Gasteiger partial charge in [0, 0.05) is 33.0 Å². The zero-order chi connectivity index (χ0) is 37.4. The van der Waals surface area contributed by atoms with E-state index in [1.54, 1.807) is 0 Å². The summed E-state index contributed by atoms with van der Waals surface area (Å²) in [6.07, 6.45) is 0. The smallest absolute Gasteiger partial charge is 0.164 e. The Morgan fingerprint density at radius 2 is 0.804 bits per heavy atom. The summed E-state index contributed by atoms with van der Waals surface area (Å²) in [7, 11) is 0. The maximum absolute atomic E-state index is 6.68.